The van der Waals surface area contributed by atoms with Crippen LogP contribution in [0.1, 0.15) is 35.9 Å². The average Bonchev–Trinajstić information content (AvgIpc) is 2.70. The Morgan fingerprint density at radius 1 is 1.44 bits per heavy atom. The highest BCUT2D eigenvalue weighted by molar-refractivity contribution is 5.97. The second kappa shape index (κ2) is 4.02. The Kier molecular flexibility index (Phi) is 2.70. The number of carbonyl (C=O) groups is 1. The zero-order valence-electron chi connectivity index (χ0n) is 9.34. The van der Waals surface area contributed by atoms with Gasteiger partial charge in [0.15, 0.2) is 11.4 Å². The third kappa shape index (κ3) is 1.69. The Morgan fingerprint density at radius 2 is 2.19 bits per heavy atom. The lowest BCUT2D eigenvalue weighted by molar-refractivity contribution is 0.100. The molecular weight excluding hydrogens is 204 g/mol. The van der Waals surface area contributed by atoms with Crippen LogP contribution in [0.3, 0.4) is 0 Å². The Labute approximate surface area is 93.3 Å². The molecule has 5 heteroatoms. The van der Waals surface area contributed by atoms with Crippen molar-refractivity contribution < 1.29 is 4.79 Å². The number of nitrogens with two attached hydrogens (primary N) is 1. The second-order valence-electron chi connectivity index (χ2n) is 3.99. The molecule has 0 spiro atoms. The van der Waals surface area contributed by atoms with Crippen LogP contribution < -0.4 is 5.73 Å². The van der Waals surface area contributed by atoms with Gasteiger partial charge in [0.2, 0.25) is 0 Å². The van der Waals surface area contributed by atoms with Crippen LogP contribution in [0, 0.1) is 0 Å². The number of carbonyl (C=O) groups excluding carboxylic acids is 1. The minimum absolute atomic E-state index is 0.0185. The SMILES string of the molecule is CC(C)c1nnc2ccc(C(=O)CN)cn12. The summed E-state index contributed by atoms with van der Waals surface area (Å²) in [7, 11) is 0. The molecule has 0 radical (unpaired) electrons. The van der Waals surface area contributed by atoms with Crippen LogP contribution in [-0.2, 0) is 0 Å². The molecule has 16 heavy (non-hydrogen) atoms. The third-order valence-electron chi connectivity index (χ3n) is 2.45. The van der Waals surface area contributed by atoms with Gasteiger partial charge in [-0.2, -0.15) is 0 Å². The summed E-state index contributed by atoms with van der Waals surface area (Å²) in [4.78, 5) is 11.5. The third-order valence-corrected chi connectivity index (χ3v) is 2.45. The number of Topliss-reactive ketones (excluding diaryl/α,β-unsaturated/α-hetero) is 1. The fraction of sp³-hybridized carbons (Fsp3) is 0.364. The highest BCUT2D eigenvalue weighted by Crippen LogP contribution is 2.14. The maximum absolute atomic E-state index is 11.5. The molecule has 0 aliphatic carbocycles. The minimum Gasteiger partial charge on any atom is -0.324 e. The van der Waals surface area contributed by atoms with E-state index >= 15 is 0 Å². The van der Waals surface area contributed by atoms with Crippen molar-refractivity contribution in [3.8, 4) is 0 Å². The first kappa shape index (κ1) is 10.8. The van der Waals surface area contributed by atoms with Gasteiger partial charge < -0.3 is 5.73 Å². The fourth-order valence-electron chi connectivity index (χ4n) is 1.58. The molecule has 5 nitrogen and oxygen atoms in total. The van der Waals surface area contributed by atoms with Crippen LogP contribution in [0.2, 0.25) is 0 Å². The largest absolute Gasteiger partial charge is 0.324 e. The highest BCUT2D eigenvalue weighted by Gasteiger charge is 2.11. The number of fused-ring (bicyclic) bond motifs is 1. The lowest BCUT2D eigenvalue weighted by Gasteiger charge is -2.04. The molecule has 2 aromatic rings. The monoisotopic (exact) mass is 218 g/mol. The van der Waals surface area contributed by atoms with E-state index in [2.05, 4.69) is 10.2 Å². The molecule has 0 aromatic carbocycles. The van der Waals surface area contributed by atoms with Gasteiger partial charge in [0.25, 0.3) is 0 Å². The van der Waals surface area contributed by atoms with Crippen LogP contribution in [0.4, 0.5) is 0 Å². The number of nitrogens with zero attached hydrogens (tertiary/aromatic N) is 3. The number of aromatic nitrogens is 3. The molecule has 2 rings (SSSR count). The van der Waals surface area contributed by atoms with E-state index in [0.29, 0.717) is 5.56 Å². The summed E-state index contributed by atoms with van der Waals surface area (Å²) >= 11 is 0. The van der Waals surface area contributed by atoms with Gasteiger partial charge in [-0.25, -0.2) is 0 Å². The predicted octanol–water partition coefficient (Wildman–Crippen LogP) is 0.994. The van der Waals surface area contributed by atoms with Gasteiger partial charge in [-0.15, -0.1) is 10.2 Å². The predicted molar refractivity (Wildman–Crippen MR) is 60.5 cm³/mol. The van der Waals surface area contributed by atoms with Crippen molar-refractivity contribution in [3.05, 3.63) is 29.7 Å². The topological polar surface area (TPSA) is 73.3 Å². The van der Waals surface area contributed by atoms with Crippen molar-refractivity contribution in [2.24, 2.45) is 5.73 Å². The molecule has 2 aromatic heterocycles. The molecule has 2 N–H and O–H groups in total. The van der Waals surface area contributed by atoms with Gasteiger partial charge in [0.1, 0.15) is 5.82 Å². The molecule has 0 saturated heterocycles. The Morgan fingerprint density at radius 3 is 2.81 bits per heavy atom. The summed E-state index contributed by atoms with van der Waals surface area (Å²) in [5.74, 6) is 1.03. The van der Waals surface area contributed by atoms with Crippen molar-refractivity contribution in [2.75, 3.05) is 6.54 Å². The van der Waals surface area contributed by atoms with Crippen LogP contribution in [0.25, 0.3) is 5.65 Å². The number of hydrogen-bond acceptors (Lipinski definition) is 4. The maximum Gasteiger partial charge on any atom is 0.177 e. The maximum atomic E-state index is 11.5. The number of rotatable bonds is 3. The van der Waals surface area contributed by atoms with E-state index in [-0.39, 0.29) is 18.2 Å². The summed E-state index contributed by atoms with van der Waals surface area (Å²) in [5, 5.41) is 8.13. The Balaban J connectivity index is 2.58. The normalized spacial score (nSPS) is 11.2. The summed E-state index contributed by atoms with van der Waals surface area (Å²) in [6, 6.07) is 3.51. The van der Waals surface area contributed by atoms with Crippen molar-refractivity contribution in [2.45, 2.75) is 19.8 Å². The lowest BCUT2D eigenvalue weighted by atomic mass is 10.2. The fourth-order valence-corrected chi connectivity index (χ4v) is 1.58. The van der Waals surface area contributed by atoms with Gasteiger partial charge in [0.05, 0.1) is 6.54 Å². The van der Waals surface area contributed by atoms with Crippen molar-refractivity contribution >= 4 is 11.4 Å². The van der Waals surface area contributed by atoms with E-state index in [1.54, 1.807) is 18.3 Å². The first-order chi connectivity index (χ1) is 7.63. The molecule has 0 fully saturated rings. The van der Waals surface area contributed by atoms with E-state index in [0.717, 1.165) is 11.5 Å². The molecule has 0 amide bonds. The van der Waals surface area contributed by atoms with Gasteiger partial charge in [-0.05, 0) is 12.1 Å². The summed E-state index contributed by atoms with van der Waals surface area (Å²) in [6.07, 6.45) is 1.75. The molecule has 0 atom stereocenters. The van der Waals surface area contributed by atoms with Gasteiger partial charge >= 0.3 is 0 Å². The van der Waals surface area contributed by atoms with Crippen LogP contribution in [0.5, 0.6) is 0 Å². The standard InChI is InChI=1S/C11H14N4O/c1-7(2)11-14-13-10-4-3-8(6-15(10)11)9(16)5-12/h3-4,6-7H,5,12H2,1-2H3. The van der Waals surface area contributed by atoms with E-state index in [4.69, 9.17) is 5.73 Å². The van der Waals surface area contributed by atoms with E-state index in [9.17, 15) is 4.79 Å². The van der Waals surface area contributed by atoms with Gasteiger partial charge in [-0.1, -0.05) is 13.8 Å². The molecule has 0 bridgehead atoms. The number of hydrogen-bond donors (Lipinski definition) is 1. The molecule has 84 valence electrons. The molecule has 0 aliphatic heterocycles. The molecule has 0 saturated carbocycles. The summed E-state index contributed by atoms with van der Waals surface area (Å²) < 4.78 is 1.84. The Hall–Kier alpha value is -1.75. The van der Waals surface area contributed by atoms with Gasteiger partial charge in [-0.3, -0.25) is 9.20 Å². The zero-order chi connectivity index (χ0) is 11.7. The van der Waals surface area contributed by atoms with E-state index in [1.165, 1.54) is 0 Å². The first-order valence-corrected chi connectivity index (χ1v) is 5.21. The minimum atomic E-state index is -0.0784. The quantitative estimate of drug-likeness (QED) is 0.780. The average molecular weight is 218 g/mol. The van der Waals surface area contributed by atoms with Crippen LogP contribution in [-0.4, -0.2) is 26.9 Å². The molecule has 0 aliphatic rings. The first-order valence-electron chi connectivity index (χ1n) is 5.21. The molecule has 0 unspecified atom stereocenters. The number of pyridine rings is 1. The van der Waals surface area contributed by atoms with Crippen LogP contribution in [0.15, 0.2) is 18.3 Å². The van der Waals surface area contributed by atoms with Gasteiger partial charge in [0, 0.05) is 17.7 Å². The zero-order valence-corrected chi connectivity index (χ0v) is 9.34. The second-order valence-corrected chi connectivity index (χ2v) is 3.99. The summed E-state index contributed by atoms with van der Waals surface area (Å²) in [6.45, 7) is 4.09. The Bertz CT molecular complexity index is 530. The van der Waals surface area contributed by atoms with Crippen molar-refractivity contribution in [1.29, 1.82) is 0 Å². The summed E-state index contributed by atoms with van der Waals surface area (Å²) in [5.41, 5.74) is 6.67. The van der Waals surface area contributed by atoms with Crippen LogP contribution >= 0.6 is 0 Å². The van der Waals surface area contributed by atoms with Crippen molar-refractivity contribution in [3.63, 3.8) is 0 Å². The highest BCUT2D eigenvalue weighted by atomic mass is 16.1. The number of ketones is 1. The van der Waals surface area contributed by atoms with Crippen molar-refractivity contribution in [1.82, 2.24) is 14.6 Å². The smallest absolute Gasteiger partial charge is 0.177 e. The van der Waals surface area contributed by atoms with E-state index < -0.39 is 0 Å². The van der Waals surface area contributed by atoms with E-state index in [1.807, 2.05) is 18.2 Å². The molecular formula is C11H14N4O. The molecule has 2 heterocycles. The lowest BCUT2D eigenvalue weighted by Crippen LogP contribution is -2.14.